The summed E-state index contributed by atoms with van der Waals surface area (Å²) in [5, 5.41) is 2.64. The van der Waals surface area contributed by atoms with Crippen LogP contribution in [0.1, 0.15) is 27.2 Å². The molecule has 0 aliphatic carbocycles. The Hall–Kier alpha value is -3.20. The predicted molar refractivity (Wildman–Crippen MR) is 88.8 cm³/mol. The molecule has 3 N–H and O–H groups in total. The van der Waals surface area contributed by atoms with Crippen molar-refractivity contribution in [2.75, 3.05) is 12.8 Å². The zero-order chi connectivity index (χ0) is 17.6. The molecule has 1 aliphatic rings. The van der Waals surface area contributed by atoms with Gasteiger partial charge in [-0.15, -0.1) is 0 Å². The van der Waals surface area contributed by atoms with Crippen LogP contribution in [0.4, 0.5) is 5.95 Å². The normalized spacial score (nSPS) is 14.0. The van der Waals surface area contributed by atoms with Gasteiger partial charge in [-0.25, -0.2) is 9.78 Å². The smallest absolute Gasteiger partial charge is 0.337 e. The number of anilines is 1. The molecule has 1 aliphatic heterocycles. The number of benzene rings is 1. The number of ether oxygens (including phenoxy) is 1. The summed E-state index contributed by atoms with van der Waals surface area (Å²) in [7, 11) is 1.37. The van der Waals surface area contributed by atoms with E-state index in [2.05, 4.69) is 20.0 Å². The molecule has 0 saturated carbocycles. The van der Waals surface area contributed by atoms with Crippen LogP contribution >= 0.6 is 0 Å². The molecule has 0 bridgehead atoms. The molecule has 25 heavy (non-hydrogen) atoms. The highest BCUT2D eigenvalue weighted by Crippen LogP contribution is 2.25. The van der Waals surface area contributed by atoms with Crippen LogP contribution in [0.3, 0.4) is 0 Å². The fraction of sp³-hybridized carbons (Fsp3) is 0.250. The highest BCUT2D eigenvalue weighted by atomic mass is 16.5. The Morgan fingerprint density at radius 1 is 1.28 bits per heavy atom. The van der Waals surface area contributed by atoms with Crippen molar-refractivity contribution in [3.05, 3.63) is 57.0 Å². The lowest BCUT2D eigenvalue weighted by atomic mass is 10.1. The van der Waals surface area contributed by atoms with E-state index in [-0.39, 0.29) is 23.3 Å². The van der Waals surface area contributed by atoms with E-state index in [4.69, 9.17) is 10.5 Å². The molecule has 0 radical (unpaired) electrons. The van der Waals surface area contributed by atoms with Gasteiger partial charge in [-0.2, -0.15) is 9.50 Å². The maximum atomic E-state index is 12.1. The van der Waals surface area contributed by atoms with Crippen molar-refractivity contribution in [2.45, 2.75) is 19.6 Å². The van der Waals surface area contributed by atoms with Crippen LogP contribution in [0.15, 0.2) is 29.1 Å². The first-order valence-corrected chi connectivity index (χ1v) is 7.70. The zero-order valence-electron chi connectivity index (χ0n) is 13.5. The second-order valence-electron chi connectivity index (χ2n) is 5.95. The van der Waals surface area contributed by atoms with Gasteiger partial charge < -0.3 is 10.5 Å². The maximum Gasteiger partial charge on any atom is 0.337 e. The molecule has 0 saturated heterocycles. The number of carbonyl (C=O) groups is 1. The number of esters is 1. The minimum Gasteiger partial charge on any atom is -0.465 e. The summed E-state index contributed by atoms with van der Waals surface area (Å²) in [6.45, 7) is 1.89. The highest BCUT2D eigenvalue weighted by molar-refractivity contribution is 5.89. The Bertz CT molecular complexity index is 1040. The first-order valence-electron chi connectivity index (χ1n) is 7.70. The molecule has 3 heterocycles. The summed E-state index contributed by atoms with van der Waals surface area (Å²) in [5.74, 6) is 0.0490. The molecular formula is C16H16N6O3. The van der Waals surface area contributed by atoms with E-state index >= 15 is 0 Å². The van der Waals surface area contributed by atoms with Crippen LogP contribution < -0.4 is 11.3 Å². The number of nitrogens with zero attached hydrogens (tertiary/aromatic N) is 4. The summed E-state index contributed by atoms with van der Waals surface area (Å²) >= 11 is 0. The summed E-state index contributed by atoms with van der Waals surface area (Å²) in [6.07, 6.45) is 0. The Kier molecular flexibility index (Phi) is 3.50. The number of hydrogen-bond acceptors (Lipinski definition) is 7. The third kappa shape index (κ3) is 2.74. The fourth-order valence-corrected chi connectivity index (χ4v) is 3.08. The number of carbonyl (C=O) groups excluding carboxylic acids is 1. The summed E-state index contributed by atoms with van der Waals surface area (Å²) in [6, 6.07) is 7.01. The predicted octanol–water partition coefficient (Wildman–Crippen LogP) is 0.302. The quantitative estimate of drug-likeness (QED) is 0.658. The van der Waals surface area contributed by atoms with Crippen LogP contribution in [0.25, 0.3) is 5.78 Å². The van der Waals surface area contributed by atoms with Gasteiger partial charge in [0.1, 0.15) is 0 Å². The van der Waals surface area contributed by atoms with Gasteiger partial charge in [0, 0.05) is 25.7 Å². The van der Waals surface area contributed by atoms with Crippen LogP contribution in [-0.4, -0.2) is 37.6 Å². The molecule has 128 valence electrons. The largest absolute Gasteiger partial charge is 0.465 e. The van der Waals surface area contributed by atoms with Crippen molar-refractivity contribution in [3.63, 3.8) is 0 Å². The van der Waals surface area contributed by atoms with E-state index in [1.54, 1.807) is 6.07 Å². The van der Waals surface area contributed by atoms with Crippen molar-refractivity contribution in [1.82, 2.24) is 24.5 Å². The zero-order valence-corrected chi connectivity index (χ0v) is 13.5. The average Bonchev–Trinajstić information content (AvgIpc) is 3.15. The third-order valence-electron chi connectivity index (χ3n) is 4.20. The molecule has 0 fully saturated rings. The molecule has 9 nitrogen and oxygen atoms in total. The fourth-order valence-electron chi connectivity index (χ4n) is 3.08. The van der Waals surface area contributed by atoms with Gasteiger partial charge in [0.25, 0.3) is 11.3 Å². The Labute approximate surface area is 142 Å². The minimum atomic E-state index is -0.350. The number of methoxy groups -OCH3 is 1. The molecular weight excluding hydrogens is 324 g/mol. The molecule has 2 aromatic heterocycles. The van der Waals surface area contributed by atoms with Crippen molar-refractivity contribution in [3.8, 4) is 0 Å². The van der Waals surface area contributed by atoms with Crippen molar-refractivity contribution >= 4 is 17.7 Å². The summed E-state index contributed by atoms with van der Waals surface area (Å²) in [5.41, 5.74) is 8.69. The van der Waals surface area contributed by atoms with Crippen molar-refractivity contribution < 1.29 is 9.53 Å². The minimum absolute atomic E-state index is 0.144. The Morgan fingerprint density at radius 3 is 2.88 bits per heavy atom. The van der Waals surface area contributed by atoms with Gasteiger partial charge >= 0.3 is 5.97 Å². The van der Waals surface area contributed by atoms with E-state index in [0.717, 1.165) is 17.7 Å². The van der Waals surface area contributed by atoms with Crippen LogP contribution in [0, 0.1) is 0 Å². The lowest BCUT2D eigenvalue weighted by Crippen LogP contribution is -2.21. The lowest BCUT2D eigenvalue weighted by Gasteiger charge is -2.13. The van der Waals surface area contributed by atoms with E-state index in [0.29, 0.717) is 24.3 Å². The van der Waals surface area contributed by atoms with Crippen molar-refractivity contribution in [1.29, 1.82) is 0 Å². The van der Waals surface area contributed by atoms with Gasteiger partial charge in [-0.1, -0.05) is 6.07 Å². The van der Waals surface area contributed by atoms with Crippen LogP contribution in [0.2, 0.25) is 0 Å². The Morgan fingerprint density at radius 2 is 2.08 bits per heavy atom. The second-order valence-corrected chi connectivity index (χ2v) is 5.95. The molecule has 0 unspecified atom stereocenters. The van der Waals surface area contributed by atoms with Gasteiger partial charge in [0.2, 0.25) is 5.95 Å². The topological polar surface area (TPSA) is 119 Å². The molecule has 0 amide bonds. The number of H-pyrrole nitrogens is 1. The molecule has 9 heteroatoms. The van der Waals surface area contributed by atoms with Gasteiger partial charge in [0.15, 0.2) is 0 Å². The number of nitrogens with one attached hydrogen (secondary N) is 1. The molecule has 3 aromatic rings. The van der Waals surface area contributed by atoms with E-state index in [9.17, 15) is 9.59 Å². The first-order chi connectivity index (χ1) is 12.0. The van der Waals surface area contributed by atoms with Crippen molar-refractivity contribution in [2.24, 2.45) is 0 Å². The second kappa shape index (κ2) is 5.71. The van der Waals surface area contributed by atoms with Crippen LogP contribution in [0.5, 0.6) is 0 Å². The number of nitrogen functional groups attached to an aromatic ring is 1. The van der Waals surface area contributed by atoms with E-state index in [1.165, 1.54) is 17.7 Å². The molecule has 0 spiro atoms. The molecule has 4 rings (SSSR count). The number of hydrogen-bond donors (Lipinski definition) is 2. The maximum absolute atomic E-state index is 12.1. The number of rotatable bonds is 3. The highest BCUT2D eigenvalue weighted by Gasteiger charge is 2.21. The SMILES string of the molecule is COC(=O)c1ccc2c(c1)CN(Cc1cc(=O)n3[nH]c(N)nc3n1)C2. The standard InChI is InChI=1S/C16H16N6O3/c1-25-14(24)9-2-3-10-6-21(7-11(10)4-9)8-12-5-13(23)22-16(18-12)19-15(17)20-22/h2-5H,6-8H2,1H3,(H3,17,18,19,20). The Balaban J connectivity index is 1.56. The number of nitrogens with two attached hydrogens (primary N) is 1. The third-order valence-corrected chi connectivity index (χ3v) is 4.20. The van der Waals surface area contributed by atoms with Gasteiger partial charge in [-0.05, 0) is 23.3 Å². The van der Waals surface area contributed by atoms with E-state index in [1.807, 2.05) is 12.1 Å². The monoisotopic (exact) mass is 340 g/mol. The average molecular weight is 340 g/mol. The number of aromatic nitrogens is 4. The molecule has 0 atom stereocenters. The van der Waals surface area contributed by atoms with E-state index < -0.39 is 0 Å². The summed E-state index contributed by atoms with van der Waals surface area (Å²) in [4.78, 5) is 34.2. The van der Waals surface area contributed by atoms with Crippen LogP contribution in [-0.2, 0) is 24.4 Å². The lowest BCUT2D eigenvalue weighted by molar-refractivity contribution is 0.0600. The summed E-state index contributed by atoms with van der Waals surface area (Å²) < 4.78 is 5.96. The van der Waals surface area contributed by atoms with Gasteiger partial charge in [0.05, 0.1) is 18.4 Å². The first kappa shape index (κ1) is 15.3. The number of aromatic amines is 1. The van der Waals surface area contributed by atoms with Gasteiger partial charge in [-0.3, -0.25) is 14.8 Å². The number of fused-ring (bicyclic) bond motifs is 2. The molecule has 1 aromatic carbocycles.